The summed E-state index contributed by atoms with van der Waals surface area (Å²) in [5.41, 5.74) is 4.25. The van der Waals surface area contributed by atoms with Crippen LogP contribution in [0.5, 0.6) is 0 Å². The summed E-state index contributed by atoms with van der Waals surface area (Å²) >= 11 is 7.44. The van der Waals surface area contributed by atoms with Crippen molar-refractivity contribution >= 4 is 56.1 Å². The highest BCUT2D eigenvalue weighted by atomic mass is 35.5. The van der Waals surface area contributed by atoms with Gasteiger partial charge in [-0.15, -0.1) is 11.3 Å². The lowest BCUT2D eigenvalue weighted by Gasteiger charge is -2.08. The number of aromatic nitrogens is 4. The van der Waals surface area contributed by atoms with Crippen LogP contribution in [0.1, 0.15) is 6.42 Å². The summed E-state index contributed by atoms with van der Waals surface area (Å²) < 4.78 is 36.1. The third kappa shape index (κ3) is 6.11. The van der Waals surface area contributed by atoms with E-state index in [0.29, 0.717) is 28.2 Å². The first-order valence-corrected chi connectivity index (χ1v) is 13.0. The molecule has 0 amide bonds. The summed E-state index contributed by atoms with van der Waals surface area (Å²) in [6.45, 7) is 0.773. The number of carboxylic acids is 1. The number of benzene rings is 2. The quantitative estimate of drug-likeness (QED) is 0.247. The van der Waals surface area contributed by atoms with Crippen LogP contribution in [-0.2, 0) is 11.3 Å². The van der Waals surface area contributed by atoms with Gasteiger partial charge in [0.25, 0.3) is 5.56 Å². The van der Waals surface area contributed by atoms with Gasteiger partial charge in [-0.05, 0) is 35.9 Å². The molecule has 0 spiro atoms. The van der Waals surface area contributed by atoms with E-state index in [1.807, 2.05) is 67.5 Å². The maximum atomic E-state index is 13.4. The summed E-state index contributed by atoms with van der Waals surface area (Å²) in [7, 11) is 3.94. The maximum Gasteiger partial charge on any atom is 0.490 e. The van der Waals surface area contributed by atoms with E-state index in [1.165, 1.54) is 11.3 Å². The molecule has 3 aromatic heterocycles. The van der Waals surface area contributed by atoms with Crippen LogP contribution >= 0.6 is 22.9 Å². The summed E-state index contributed by atoms with van der Waals surface area (Å²) in [6, 6.07) is 15.4. The van der Waals surface area contributed by atoms with Crippen LogP contribution < -0.4 is 15.0 Å². The number of carboxylic acid groups (broad SMARTS) is 1. The molecule has 40 heavy (non-hydrogen) atoms. The minimum absolute atomic E-state index is 0.102. The smallest absolute Gasteiger partial charge is 0.475 e. The first kappa shape index (κ1) is 29.1. The molecule has 3 heterocycles. The second-order valence-electron chi connectivity index (χ2n) is 8.83. The van der Waals surface area contributed by atoms with Crippen LogP contribution in [0.2, 0.25) is 5.02 Å². The predicted octanol–water partition coefficient (Wildman–Crippen LogP) is 4.62. The van der Waals surface area contributed by atoms with E-state index in [1.54, 1.807) is 10.9 Å². The van der Waals surface area contributed by atoms with Gasteiger partial charge in [0.05, 0.1) is 31.8 Å². The number of anilines is 1. The highest BCUT2D eigenvalue weighted by Crippen LogP contribution is 2.31. The van der Waals surface area contributed by atoms with Crippen molar-refractivity contribution < 1.29 is 32.7 Å². The average Bonchev–Trinajstić information content (AvgIpc) is 3.50. The van der Waals surface area contributed by atoms with E-state index in [9.17, 15) is 23.1 Å². The van der Waals surface area contributed by atoms with E-state index in [4.69, 9.17) is 21.5 Å². The molecule has 0 radical (unpaired) electrons. The molecule has 0 saturated carbocycles. The van der Waals surface area contributed by atoms with Gasteiger partial charge in [0.15, 0.2) is 0 Å². The number of thiophene rings is 1. The minimum Gasteiger partial charge on any atom is -0.475 e. The number of imidazole rings is 1. The zero-order valence-electron chi connectivity index (χ0n) is 21.2. The first-order chi connectivity index (χ1) is 18.9. The number of halogens is 4. The molecule has 5 aromatic rings. The van der Waals surface area contributed by atoms with Gasteiger partial charge in [-0.2, -0.15) is 13.2 Å². The Hall–Kier alpha value is -3.94. The normalized spacial score (nSPS) is 11.5. The van der Waals surface area contributed by atoms with Crippen molar-refractivity contribution in [2.24, 2.45) is 0 Å². The maximum absolute atomic E-state index is 13.4. The molecule has 9 nitrogen and oxygen atoms in total. The van der Waals surface area contributed by atoms with Crippen LogP contribution in [-0.4, -0.2) is 57.6 Å². The van der Waals surface area contributed by atoms with E-state index in [-0.39, 0.29) is 12.2 Å². The van der Waals surface area contributed by atoms with Crippen LogP contribution in [0.25, 0.3) is 37.4 Å². The van der Waals surface area contributed by atoms with Crippen LogP contribution in [0.3, 0.4) is 0 Å². The van der Waals surface area contributed by atoms with Crippen molar-refractivity contribution in [3.8, 4) is 16.1 Å². The van der Waals surface area contributed by atoms with E-state index >= 15 is 0 Å². The Morgan fingerprint density at radius 1 is 1.18 bits per heavy atom. The highest BCUT2D eigenvalue weighted by molar-refractivity contribution is 7.22. The third-order valence-corrected chi connectivity index (χ3v) is 7.24. The number of H-pyrrole nitrogens is 1. The molecule has 0 aliphatic heterocycles. The number of rotatable bonds is 6. The van der Waals surface area contributed by atoms with Crippen molar-refractivity contribution in [1.82, 2.24) is 14.5 Å². The van der Waals surface area contributed by atoms with Gasteiger partial charge in [0, 0.05) is 29.0 Å². The number of aliphatic hydroxyl groups excluding tert-OH is 1. The lowest BCUT2D eigenvalue weighted by atomic mass is 10.2. The molecule has 0 unspecified atom stereocenters. The number of carbonyl (C=O) groups is 1. The van der Waals surface area contributed by atoms with Crippen LogP contribution in [0.15, 0.2) is 59.7 Å². The largest absolute Gasteiger partial charge is 0.490 e. The average molecular weight is 595 g/mol. The lowest BCUT2D eigenvalue weighted by Crippen LogP contribution is -2.39. The Balaban J connectivity index is 0.000000470. The van der Waals surface area contributed by atoms with Gasteiger partial charge in [0.1, 0.15) is 22.1 Å². The molecule has 0 fully saturated rings. The summed E-state index contributed by atoms with van der Waals surface area (Å²) in [4.78, 5) is 33.2. The van der Waals surface area contributed by atoms with E-state index in [0.717, 1.165) is 33.1 Å². The Bertz CT molecular complexity index is 1730. The van der Waals surface area contributed by atoms with Crippen molar-refractivity contribution in [1.29, 1.82) is 0 Å². The van der Waals surface area contributed by atoms with Crippen LogP contribution in [0.4, 0.5) is 19.1 Å². The molecule has 0 saturated heterocycles. The third-order valence-electron chi connectivity index (χ3n) is 5.82. The number of alkyl halides is 3. The van der Waals surface area contributed by atoms with E-state index in [2.05, 4.69) is 14.5 Å². The molecule has 210 valence electrons. The van der Waals surface area contributed by atoms with Gasteiger partial charge in [0.2, 0.25) is 0 Å². The number of nitrogens with one attached hydrogen (secondary N) is 1. The number of aromatic amines is 1. The molecule has 0 atom stereocenters. The summed E-state index contributed by atoms with van der Waals surface area (Å²) in [5, 5.41) is 17.1. The van der Waals surface area contributed by atoms with Gasteiger partial charge in [-0.25, -0.2) is 19.3 Å². The first-order valence-electron chi connectivity index (χ1n) is 11.8. The van der Waals surface area contributed by atoms with Gasteiger partial charge in [-0.3, -0.25) is 14.3 Å². The Kier molecular flexibility index (Phi) is 8.47. The standard InChI is InChI=1S/C24H22ClN5O2S.C2HF3O2/c1-28(2)24-27-18-9-8-17(12-20(18)29(24)10-3-11-31)30-14-26-19-13-21(33-22(19)23(30)32)15-4-6-16(25)7-5-15;3-2(4,5)1(6)7/h4-9,12-14,31H,3,10-11H2,1-2H3;(H,6,7)/p+1. The number of hydrogen-bond donors (Lipinski definition) is 3. The number of nitrogens with zero attached hydrogens (tertiary/aromatic N) is 4. The molecule has 3 N–H and O–H groups in total. The molecule has 0 bridgehead atoms. The van der Waals surface area contributed by atoms with Gasteiger partial charge in [-0.1, -0.05) is 23.7 Å². The fraction of sp³-hybridized carbons (Fsp3) is 0.231. The fourth-order valence-corrected chi connectivity index (χ4v) is 5.13. The summed E-state index contributed by atoms with van der Waals surface area (Å²) in [6.07, 6.45) is -2.86. The topological polar surface area (TPSA) is 115 Å². The zero-order valence-corrected chi connectivity index (χ0v) is 22.8. The van der Waals surface area contributed by atoms with Crippen LogP contribution in [0, 0.1) is 0 Å². The SMILES string of the molecule is CN(C)c1[nH]c2ccc(-n3cnc4cc(-c5ccc(Cl)cc5)sc4c3=O)cc2[n+]1CCCO.O=C(O)C(F)(F)F. The molecule has 0 aliphatic carbocycles. The Morgan fingerprint density at radius 3 is 2.45 bits per heavy atom. The molecule has 14 heteroatoms. The van der Waals surface area contributed by atoms with Gasteiger partial charge >= 0.3 is 18.1 Å². The minimum atomic E-state index is -5.08. The summed E-state index contributed by atoms with van der Waals surface area (Å²) in [5.74, 6) is -1.82. The van der Waals surface area contributed by atoms with Crippen molar-refractivity contribution in [2.45, 2.75) is 19.1 Å². The highest BCUT2D eigenvalue weighted by Gasteiger charge is 2.38. The Labute approximate surface area is 234 Å². The molecular weight excluding hydrogens is 571 g/mol. The monoisotopic (exact) mass is 594 g/mol. The number of hydrogen-bond acceptors (Lipinski definition) is 6. The van der Waals surface area contributed by atoms with Crippen molar-refractivity contribution in [3.05, 3.63) is 70.2 Å². The zero-order chi connectivity index (χ0) is 29.2. The second-order valence-corrected chi connectivity index (χ2v) is 10.3. The molecule has 5 rings (SSSR count). The molecule has 0 aliphatic rings. The molecular formula is C26H24ClF3N5O4S+. The fourth-order valence-electron chi connectivity index (χ4n) is 3.96. The predicted molar refractivity (Wildman–Crippen MR) is 147 cm³/mol. The van der Waals surface area contributed by atoms with E-state index < -0.39 is 12.1 Å². The van der Waals surface area contributed by atoms with Gasteiger partial charge < -0.3 is 10.2 Å². The molecule has 2 aromatic carbocycles. The lowest BCUT2D eigenvalue weighted by molar-refractivity contribution is -0.659. The number of aliphatic hydroxyl groups is 1. The van der Waals surface area contributed by atoms with Crippen molar-refractivity contribution in [3.63, 3.8) is 0 Å². The Morgan fingerprint density at radius 2 is 1.85 bits per heavy atom. The number of aliphatic carboxylic acids is 1. The number of aryl methyl sites for hydroxylation is 1. The number of fused-ring (bicyclic) bond motifs is 2. The second kappa shape index (κ2) is 11.7. The van der Waals surface area contributed by atoms with Crippen molar-refractivity contribution in [2.75, 3.05) is 25.6 Å².